The highest BCUT2D eigenvalue weighted by atomic mass is 19.1. The molecule has 216 valence electrons. The Kier molecular flexibility index (Phi) is 7.81. The number of amides is 2. The molecule has 3 aliphatic heterocycles. The lowest BCUT2D eigenvalue weighted by Crippen LogP contribution is -2.37. The van der Waals surface area contributed by atoms with Gasteiger partial charge in [0.15, 0.2) is 5.82 Å². The van der Waals surface area contributed by atoms with Gasteiger partial charge in [-0.1, -0.05) is 12.1 Å². The van der Waals surface area contributed by atoms with Crippen LogP contribution in [-0.4, -0.2) is 87.3 Å². The first kappa shape index (κ1) is 27.5. The molecule has 3 fully saturated rings. The van der Waals surface area contributed by atoms with Gasteiger partial charge in [0.1, 0.15) is 5.82 Å². The van der Waals surface area contributed by atoms with Gasteiger partial charge in [-0.3, -0.25) is 14.6 Å². The highest BCUT2D eigenvalue weighted by molar-refractivity contribution is 5.96. The van der Waals surface area contributed by atoms with E-state index in [4.69, 9.17) is 4.74 Å². The molecule has 4 unspecified atom stereocenters. The summed E-state index contributed by atoms with van der Waals surface area (Å²) >= 11 is 0. The molecule has 11 heteroatoms. The number of aromatic nitrogens is 4. The van der Waals surface area contributed by atoms with Gasteiger partial charge in [0, 0.05) is 51.7 Å². The number of fused-ring (bicyclic) bond motifs is 1. The topological polar surface area (TPSA) is 105 Å². The molecule has 10 nitrogen and oxygen atoms in total. The molecule has 0 radical (unpaired) electrons. The maximum Gasteiger partial charge on any atom is 0.257 e. The summed E-state index contributed by atoms with van der Waals surface area (Å²) in [6, 6.07) is 6.22. The standard InChI is InChI=1S/C30H36FN7O3/c1-19-28(20(2)38(35-19)27-13-32-8-9-33-27)30(40)37-16-23-14-36(15-24(23)17-37)10-6-26(21-4-3-5-25(31)12-21)34-29(39)22-7-11-41-18-22/h3-5,8-9,12-13,22-24,26H,6-7,10-11,14-18H2,1-2H3,(H,34,39). The fourth-order valence-corrected chi connectivity index (χ4v) is 6.56. The number of hydrogen-bond acceptors (Lipinski definition) is 7. The van der Waals surface area contributed by atoms with Crippen molar-refractivity contribution in [2.24, 2.45) is 17.8 Å². The Morgan fingerprint density at radius 2 is 1.95 bits per heavy atom. The number of halogens is 1. The van der Waals surface area contributed by atoms with Crippen LogP contribution in [0.25, 0.3) is 5.82 Å². The summed E-state index contributed by atoms with van der Waals surface area (Å²) in [5.74, 6) is 0.906. The Labute approximate surface area is 238 Å². The van der Waals surface area contributed by atoms with Crippen LogP contribution in [0.1, 0.15) is 46.2 Å². The SMILES string of the molecule is Cc1nn(-c2cnccn2)c(C)c1C(=O)N1CC2CN(CCC(NC(=O)C3CCOC3)c3cccc(F)c3)CC2C1. The zero-order valence-corrected chi connectivity index (χ0v) is 23.5. The average Bonchev–Trinajstić information content (AvgIpc) is 3.75. The molecule has 2 aromatic heterocycles. The van der Waals surface area contributed by atoms with Crippen molar-refractivity contribution in [1.82, 2.24) is 34.9 Å². The molecule has 0 spiro atoms. The predicted octanol–water partition coefficient (Wildman–Crippen LogP) is 2.71. The molecule has 0 bridgehead atoms. The van der Waals surface area contributed by atoms with Gasteiger partial charge in [0.2, 0.25) is 5.91 Å². The molecule has 0 aliphatic carbocycles. The molecule has 2 amide bonds. The third kappa shape index (κ3) is 5.73. The van der Waals surface area contributed by atoms with E-state index in [1.807, 2.05) is 24.8 Å². The number of ether oxygens (including phenoxy) is 1. The van der Waals surface area contributed by atoms with Crippen LogP contribution in [-0.2, 0) is 9.53 Å². The Bertz CT molecular complexity index is 1390. The van der Waals surface area contributed by atoms with E-state index in [0.29, 0.717) is 68.1 Å². The summed E-state index contributed by atoms with van der Waals surface area (Å²) in [6.45, 7) is 8.79. The summed E-state index contributed by atoms with van der Waals surface area (Å²) in [5.41, 5.74) is 2.86. The van der Waals surface area contributed by atoms with E-state index in [9.17, 15) is 14.0 Å². The van der Waals surface area contributed by atoms with Crippen molar-refractivity contribution < 1.29 is 18.7 Å². The van der Waals surface area contributed by atoms with Gasteiger partial charge >= 0.3 is 0 Å². The van der Waals surface area contributed by atoms with Crippen molar-refractivity contribution in [1.29, 1.82) is 0 Å². The second-order valence-electron chi connectivity index (χ2n) is 11.5. The summed E-state index contributed by atoms with van der Waals surface area (Å²) in [6.07, 6.45) is 6.25. The molecular weight excluding hydrogens is 525 g/mol. The number of aryl methyl sites for hydroxylation is 1. The Morgan fingerprint density at radius 3 is 2.63 bits per heavy atom. The second kappa shape index (κ2) is 11.7. The maximum absolute atomic E-state index is 14.0. The molecule has 0 saturated carbocycles. The van der Waals surface area contributed by atoms with Gasteiger partial charge < -0.3 is 19.9 Å². The van der Waals surface area contributed by atoms with E-state index in [0.717, 1.165) is 30.9 Å². The van der Waals surface area contributed by atoms with Crippen LogP contribution < -0.4 is 5.32 Å². The third-order valence-corrected chi connectivity index (χ3v) is 8.72. The average molecular weight is 562 g/mol. The number of carbonyl (C=O) groups excluding carboxylic acids is 2. The summed E-state index contributed by atoms with van der Waals surface area (Å²) in [5, 5.41) is 7.73. The molecule has 3 aliphatic rings. The monoisotopic (exact) mass is 561 g/mol. The lowest BCUT2D eigenvalue weighted by Gasteiger charge is -2.25. The largest absolute Gasteiger partial charge is 0.381 e. The van der Waals surface area contributed by atoms with Crippen LogP contribution >= 0.6 is 0 Å². The lowest BCUT2D eigenvalue weighted by atomic mass is 10.0. The van der Waals surface area contributed by atoms with Crippen LogP contribution in [0, 0.1) is 37.4 Å². The predicted molar refractivity (Wildman–Crippen MR) is 149 cm³/mol. The number of benzene rings is 1. The van der Waals surface area contributed by atoms with E-state index in [-0.39, 0.29) is 29.6 Å². The zero-order valence-electron chi connectivity index (χ0n) is 23.5. The first-order valence-corrected chi connectivity index (χ1v) is 14.3. The van der Waals surface area contributed by atoms with Gasteiger partial charge in [0.05, 0.1) is 41.7 Å². The lowest BCUT2D eigenvalue weighted by molar-refractivity contribution is -0.125. The molecule has 1 N–H and O–H groups in total. The molecular formula is C30H36FN7O3. The highest BCUT2D eigenvalue weighted by Gasteiger charge is 2.42. The molecule has 6 rings (SSSR count). The summed E-state index contributed by atoms with van der Waals surface area (Å²) in [4.78, 5) is 39.3. The first-order valence-electron chi connectivity index (χ1n) is 14.3. The number of rotatable bonds is 8. The van der Waals surface area contributed by atoms with Crippen LogP contribution in [0.3, 0.4) is 0 Å². The number of likely N-dealkylation sites (tertiary alicyclic amines) is 2. The van der Waals surface area contributed by atoms with Crippen molar-refractivity contribution >= 4 is 11.8 Å². The van der Waals surface area contributed by atoms with Crippen molar-refractivity contribution in [2.75, 3.05) is 45.9 Å². The maximum atomic E-state index is 14.0. The molecule has 3 aromatic rings. The first-order chi connectivity index (χ1) is 19.9. The van der Waals surface area contributed by atoms with E-state index >= 15 is 0 Å². The van der Waals surface area contributed by atoms with Gasteiger partial charge in [0.25, 0.3) is 5.91 Å². The highest BCUT2D eigenvalue weighted by Crippen LogP contribution is 2.33. The Hall–Kier alpha value is -3.70. The minimum Gasteiger partial charge on any atom is -0.381 e. The smallest absolute Gasteiger partial charge is 0.257 e. The third-order valence-electron chi connectivity index (χ3n) is 8.72. The van der Waals surface area contributed by atoms with Gasteiger partial charge in [-0.15, -0.1) is 0 Å². The van der Waals surface area contributed by atoms with Crippen LogP contribution in [0.15, 0.2) is 42.9 Å². The number of carbonyl (C=O) groups is 2. The molecule has 3 saturated heterocycles. The number of nitrogens with zero attached hydrogens (tertiary/aromatic N) is 6. The van der Waals surface area contributed by atoms with Crippen LogP contribution in [0.5, 0.6) is 0 Å². The molecule has 5 heterocycles. The fourth-order valence-electron chi connectivity index (χ4n) is 6.56. The molecule has 41 heavy (non-hydrogen) atoms. The van der Waals surface area contributed by atoms with Gasteiger partial charge in [-0.05, 0) is 56.2 Å². The zero-order chi connectivity index (χ0) is 28.5. The van der Waals surface area contributed by atoms with Crippen molar-refractivity contribution in [2.45, 2.75) is 32.7 Å². The normalized spacial score (nSPS) is 23.1. The number of nitrogens with one attached hydrogen (secondary N) is 1. The minimum atomic E-state index is -0.306. The van der Waals surface area contributed by atoms with Crippen molar-refractivity contribution in [3.8, 4) is 5.82 Å². The summed E-state index contributed by atoms with van der Waals surface area (Å²) in [7, 11) is 0. The summed E-state index contributed by atoms with van der Waals surface area (Å²) < 4.78 is 21.1. The molecule has 1 aromatic carbocycles. The van der Waals surface area contributed by atoms with E-state index in [1.54, 1.807) is 29.3 Å². The van der Waals surface area contributed by atoms with Gasteiger partial charge in [-0.2, -0.15) is 5.10 Å². The van der Waals surface area contributed by atoms with E-state index in [1.165, 1.54) is 12.1 Å². The Morgan fingerprint density at radius 1 is 1.15 bits per heavy atom. The van der Waals surface area contributed by atoms with Crippen molar-refractivity contribution in [3.63, 3.8) is 0 Å². The minimum absolute atomic E-state index is 0.0147. The molecule has 4 atom stereocenters. The van der Waals surface area contributed by atoms with Crippen molar-refractivity contribution in [3.05, 3.63) is 71.2 Å². The number of hydrogen-bond donors (Lipinski definition) is 1. The van der Waals surface area contributed by atoms with E-state index in [2.05, 4.69) is 25.3 Å². The van der Waals surface area contributed by atoms with Gasteiger partial charge in [-0.25, -0.2) is 14.1 Å². The van der Waals surface area contributed by atoms with E-state index < -0.39 is 0 Å². The van der Waals surface area contributed by atoms with Crippen LogP contribution in [0.4, 0.5) is 4.39 Å². The fraction of sp³-hybridized carbons (Fsp3) is 0.500. The quantitative estimate of drug-likeness (QED) is 0.451. The van der Waals surface area contributed by atoms with Crippen LogP contribution in [0.2, 0.25) is 0 Å². The Balaban J connectivity index is 1.07. The second-order valence-corrected chi connectivity index (χ2v) is 11.5.